The molecule has 0 saturated carbocycles. The smallest absolute Gasteiger partial charge is 0.251 e. The molecular weight excluding hydrogens is 572 g/mol. The summed E-state index contributed by atoms with van der Waals surface area (Å²) in [6.45, 7) is 19.9. The minimum absolute atomic E-state index is 0.00458. The summed E-state index contributed by atoms with van der Waals surface area (Å²) in [5.74, 6) is -1.22. The Kier molecular flexibility index (Phi) is 11.3. The van der Waals surface area contributed by atoms with Gasteiger partial charge in [-0.15, -0.1) is 24.9 Å². The van der Waals surface area contributed by atoms with Gasteiger partial charge in [-0.05, 0) is 83.6 Å². The largest absolute Gasteiger partial charge is 0.396 e. The quantitative estimate of drug-likeness (QED) is 0.191. The van der Waals surface area contributed by atoms with Crippen LogP contribution in [-0.4, -0.2) is 94.0 Å². The van der Waals surface area contributed by atoms with Crippen LogP contribution in [0.5, 0.6) is 0 Å². The van der Waals surface area contributed by atoms with Crippen molar-refractivity contribution in [3.8, 4) is 0 Å². The topological polar surface area (TPSA) is 84.4 Å². The Bertz CT molecular complexity index is 1200. The van der Waals surface area contributed by atoms with Crippen LogP contribution in [0.3, 0.4) is 0 Å². The fourth-order valence-corrected chi connectivity index (χ4v) is 10.2. The van der Waals surface area contributed by atoms with Crippen molar-refractivity contribution in [2.24, 2.45) is 11.8 Å². The predicted molar refractivity (Wildman–Crippen MR) is 181 cm³/mol. The number of aliphatic hydroxyl groups excluding tert-OH is 1. The second-order valence-corrected chi connectivity index (χ2v) is 14.4. The van der Waals surface area contributed by atoms with Crippen LogP contribution < -0.4 is 9.80 Å². The van der Waals surface area contributed by atoms with E-state index in [0.29, 0.717) is 39.0 Å². The van der Waals surface area contributed by atoms with E-state index in [9.17, 15) is 19.5 Å². The molecule has 1 N–H and O–H groups in total. The van der Waals surface area contributed by atoms with Crippen LogP contribution in [0, 0.1) is 11.8 Å². The number of carbonyl (C=O) groups excluding carboxylic acids is 3. The van der Waals surface area contributed by atoms with E-state index >= 15 is 0 Å². The lowest BCUT2D eigenvalue weighted by Crippen LogP contribution is -2.55. The fraction of sp³-hybridized carbons (Fsp3) is 0.629. The lowest BCUT2D eigenvalue weighted by Gasteiger charge is -2.38. The van der Waals surface area contributed by atoms with Gasteiger partial charge in [0.25, 0.3) is 5.91 Å². The Morgan fingerprint density at radius 2 is 1.66 bits per heavy atom. The first-order valence-corrected chi connectivity index (χ1v) is 17.3. The highest BCUT2D eigenvalue weighted by molar-refractivity contribution is 8.02. The minimum Gasteiger partial charge on any atom is -0.396 e. The van der Waals surface area contributed by atoms with E-state index in [4.69, 9.17) is 0 Å². The number of fused-ring (bicyclic) bond motifs is 1. The van der Waals surface area contributed by atoms with Crippen LogP contribution >= 0.6 is 11.8 Å². The van der Waals surface area contributed by atoms with Crippen LogP contribution in [0.15, 0.2) is 49.6 Å². The molecular formula is C35H52N4O4S. The number of thioether (sulfide) groups is 1. The van der Waals surface area contributed by atoms with Gasteiger partial charge in [0.2, 0.25) is 11.8 Å². The summed E-state index contributed by atoms with van der Waals surface area (Å²) < 4.78 is -1.09. The average Bonchev–Trinajstić information content (AvgIpc) is 3.59. The molecule has 3 heterocycles. The number of hydrogen-bond acceptors (Lipinski definition) is 6. The first-order valence-electron chi connectivity index (χ1n) is 16.5. The Morgan fingerprint density at radius 3 is 2.25 bits per heavy atom. The van der Waals surface area contributed by atoms with Gasteiger partial charge in [-0.1, -0.05) is 19.1 Å². The number of aliphatic hydroxyl groups is 1. The van der Waals surface area contributed by atoms with Gasteiger partial charge in [0, 0.05) is 62.0 Å². The molecule has 3 aliphatic rings. The van der Waals surface area contributed by atoms with Crippen LogP contribution in [-0.2, 0) is 14.4 Å². The summed E-state index contributed by atoms with van der Waals surface area (Å²) in [5, 5.41) is 9.37. The zero-order chi connectivity index (χ0) is 32.1. The summed E-state index contributed by atoms with van der Waals surface area (Å²) in [5.41, 5.74) is 1.87. The van der Waals surface area contributed by atoms with Gasteiger partial charge in [-0.3, -0.25) is 14.4 Å². The van der Waals surface area contributed by atoms with Crippen LogP contribution in [0.25, 0.3) is 0 Å². The molecule has 4 rings (SSSR count). The van der Waals surface area contributed by atoms with Crippen molar-refractivity contribution < 1.29 is 19.5 Å². The Hall–Kier alpha value is -2.78. The lowest BCUT2D eigenvalue weighted by molar-refractivity contribution is -0.145. The Labute approximate surface area is 268 Å². The van der Waals surface area contributed by atoms with Crippen molar-refractivity contribution in [3.05, 3.63) is 49.6 Å². The number of benzene rings is 1. The maximum Gasteiger partial charge on any atom is 0.251 e. The van der Waals surface area contributed by atoms with Crippen molar-refractivity contribution >= 4 is 40.9 Å². The molecule has 1 aromatic rings. The highest BCUT2D eigenvalue weighted by Crippen LogP contribution is 2.71. The molecule has 3 aliphatic heterocycles. The summed E-state index contributed by atoms with van der Waals surface area (Å²) in [6, 6.07) is 7.38. The molecule has 5 atom stereocenters. The second-order valence-electron chi connectivity index (χ2n) is 12.5. The van der Waals surface area contributed by atoms with E-state index < -0.39 is 27.4 Å². The summed E-state index contributed by atoms with van der Waals surface area (Å²) in [7, 11) is 0. The highest BCUT2D eigenvalue weighted by atomic mass is 32.2. The van der Waals surface area contributed by atoms with Gasteiger partial charge in [-0.25, -0.2) is 0 Å². The fourth-order valence-electron chi connectivity index (χ4n) is 7.84. The number of carbonyl (C=O) groups is 3. The van der Waals surface area contributed by atoms with E-state index in [-0.39, 0.29) is 24.3 Å². The van der Waals surface area contributed by atoms with Crippen molar-refractivity contribution in [1.82, 2.24) is 9.80 Å². The van der Waals surface area contributed by atoms with Crippen LogP contribution in [0.1, 0.15) is 66.2 Å². The van der Waals surface area contributed by atoms with Gasteiger partial charge in [0.05, 0.1) is 16.6 Å². The SMILES string of the molecule is C=CCN(CCC)C(=O)[C@@H]1[C@H]2C(=O)N(CCCCCO)C(C(=O)N(CC=C)c3ccc(N(CC)CC)cc3)C23CC[C@@]1(C)S3. The lowest BCUT2D eigenvalue weighted by atomic mass is 9.66. The maximum atomic E-state index is 14.9. The van der Waals surface area contributed by atoms with Crippen LogP contribution in [0.4, 0.5) is 11.4 Å². The van der Waals surface area contributed by atoms with E-state index in [1.165, 1.54) is 0 Å². The third kappa shape index (κ3) is 6.06. The molecule has 2 bridgehead atoms. The molecule has 1 spiro atoms. The zero-order valence-electron chi connectivity index (χ0n) is 27.2. The highest BCUT2D eigenvalue weighted by Gasteiger charge is 2.77. The molecule has 0 radical (unpaired) electrons. The first kappa shape index (κ1) is 34.1. The first-order chi connectivity index (χ1) is 21.2. The summed E-state index contributed by atoms with van der Waals surface area (Å²) in [6.07, 6.45) is 7.92. The third-order valence-electron chi connectivity index (χ3n) is 9.86. The van der Waals surface area contributed by atoms with Gasteiger partial charge >= 0.3 is 0 Å². The van der Waals surface area contributed by atoms with Crippen molar-refractivity contribution in [3.63, 3.8) is 0 Å². The molecule has 1 aromatic carbocycles. The third-order valence-corrected chi connectivity index (χ3v) is 11.8. The number of hydrogen-bond donors (Lipinski definition) is 1. The number of amides is 3. The Balaban J connectivity index is 1.75. The molecule has 9 heteroatoms. The number of likely N-dealkylation sites (tertiary alicyclic amines) is 1. The molecule has 0 aliphatic carbocycles. The second kappa shape index (κ2) is 14.5. The molecule has 0 aromatic heterocycles. The number of unbranched alkanes of at least 4 members (excludes halogenated alkanes) is 2. The molecule has 242 valence electrons. The van der Waals surface area contributed by atoms with Gasteiger partial charge in [-0.2, -0.15) is 0 Å². The molecule has 2 unspecified atom stereocenters. The van der Waals surface area contributed by atoms with Crippen molar-refractivity contribution in [2.75, 3.05) is 55.7 Å². The molecule has 3 saturated heterocycles. The molecule has 8 nitrogen and oxygen atoms in total. The molecule has 44 heavy (non-hydrogen) atoms. The minimum atomic E-state index is -0.680. The Morgan fingerprint density at radius 1 is 1.00 bits per heavy atom. The standard InChI is InChI=1S/C35H52N4O4S/c1-7-21-37(22-8-2)31(41)28-29-32(42)39(24-13-12-14-25-40)30(35(29)20-19-34(28,6)44-35)33(43)38(23-9-3)27-17-15-26(16-18-27)36(10-4)11-5/h7,9,15-18,28-30,40H,1,3,8,10-14,19-25H2,2,4-6H3/t28-,29-,30?,34+,35?/m0/s1. The summed E-state index contributed by atoms with van der Waals surface area (Å²) in [4.78, 5) is 51.3. The average molecular weight is 625 g/mol. The van der Waals surface area contributed by atoms with E-state index in [0.717, 1.165) is 50.1 Å². The normalized spacial score (nSPS) is 26.9. The van der Waals surface area contributed by atoms with Crippen LogP contribution in [0.2, 0.25) is 0 Å². The van der Waals surface area contributed by atoms with E-state index in [2.05, 4.69) is 45.8 Å². The number of rotatable bonds is 17. The number of nitrogens with zero attached hydrogens (tertiary/aromatic N) is 4. The molecule has 3 amide bonds. The monoisotopic (exact) mass is 624 g/mol. The van der Waals surface area contributed by atoms with Gasteiger partial charge < -0.3 is 24.7 Å². The van der Waals surface area contributed by atoms with E-state index in [1.807, 2.05) is 29.2 Å². The van der Waals surface area contributed by atoms with Crippen molar-refractivity contribution in [2.45, 2.75) is 81.8 Å². The van der Waals surface area contributed by atoms with Gasteiger partial charge in [0.1, 0.15) is 6.04 Å². The van der Waals surface area contributed by atoms with E-state index in [1.54, 1.807) is 33.7 Å². The summed E-state index contributed by atoms with van der Waals surface area (Å²) >= 11 is 1.72. The number of anilines is 2. The zero-order valence-corrected chi connectivity index (χ0v) is 28.0. The molecule has 3 fully saturated rings. The maximum absolute atomic E-state index is 14.9. The van der Waals surface area contributed by atoms with Gasteiger partial charge in [0.15, 0.2) is 0 Å². The predicted octanol–water partition coefficient (Wildman–Crippen LogP) is 5.12. The van der Waals surface area contributed by atoms with Crippen molar-refractivity contribution in [1.29, 1.82) is 0 Å².